The number of rotatable bonds is 13. The van der Waals surface area contributed by atoms with Crippen LogP contribution in [0.25, 0.3) is 21.8 Å². The van der Waals surface area contributed by atoms with Gasteiger partial charge in [-0.3, -0.25) is 0 Å². The molecule has 3 heterocycles. The minimum atomic E-state index is -0.668. The zero-order valence-electron chi connectivity index (χ0n) is 31.4. The Morgan fingerprint density at radius 3 is 1.78 bits per heavy atom. The predicted octanol–water partition coefficient (Wildman–Crippen LogP) is 7.17. The van der Waals surface area contributed by atoms with Crippen molar-refractivity contribution in [1.82, 2.24) is 15.3 Å². The first kappa shape index (κ1) is 39.6. The fourth-order valence-corrected chi connectivity index (χ4v) is 5.94. The monoisotopic (exact) mass is 726 g/mol. The summed E-state index contributed by atoms with van der Waals surface area (Å²) in [6.45, 7) is 10.2. The molecule has 6 N–H and O–H groups in total. The number of aliphatic hydroxyl groups excluding tert-OH is 1. The number of para-hydroxylation sites is 4. The number of hydrogen-bond donors (Lipinski definition) is 5. The zero-order valence-corrected chi connectivity index (χ0v) is 31.4. The number of aliphatic hydroxyl groups is 1. The summed E-state index contributed by atoms with van der Waals surface area (Å²) in [5.41, 5.74) is 11.6. The number of fused-ring (bicyclic) bond motifs is 2. The zero-order chi connectivity index (χ0) is 38.6. The van der Waals surface area contributed by atoms with Crippen LogP contribution in [-0.2, 0) is 17.6 Å². The maximum Gasteiger partial charge on any atom is 0.137 e. The van der Waals surface area contributed by atoms with Crippen molar-refractivity contribution >= 4 is 21.8 Å². The van der Waals surface area contributed by atoms with E-state index in [2.05, 4.69) is 91.6 Å². The van der Waals surface area contributed by atoms with Gasteiger partial charge in [0.05, 0.1) is 17.7 Å². The quantitative estimate of drug-likeness (QED) is 0.0781. The summed E-state index contributed by atoms with van der Waals surface area (Å²) in [6.07, 6.45) is 5.40. The first-order chi connectivity index (χ1) is 25.9. The van der Waals surface area contributed by atoms with Gasteiger partial charge < -0.3 is 40.3 Å². The van der Waals surface area contributed by atoms with Gasteiger partial charge in [0, 0.05) is 51.8 Å². The molecule has 2 atom stereocenters. The van der Waals surface area contributed by atoms with Crippen LogP contribution in [0.4, 0.5) is 0 Å². The molecule has 0 saturated carbocycles. The third-order valence-electron chi connectivity index (χ3n) is 8.72. The van der Waals surface area contributed by atoms with Gasteiger partial charge in [0.25, 0.3) is 0 Å². The Kier molecular flexibility index (Phi) is 13.5. The molecule has 2 aromatic heterocycles. The standard InChI is InChI=1S/C22H25N3O2.C12H16N2.C10H9NO2/c1-22(2,11-17-13-24-20-9-5-4-8-19(17)20)25-14-18(26)15-27-21-10-6-3-7-16(21)12-23;1-12(2,13)7-9-8-14-11-6-4-3-5-10(9)11;11-5-8-3-1-2-4-10(8)13-7-9-6-12-9/h3-10,13,18,24-26H,11,14-15H2,1-2H3;3-6,8,14H,7,13H2,1-2H3;1-4,9H,6-7H2/t18-;;9-/m1.1/s1. The SMILES string of the molecule is CC(C)(Cc1c[nH]c2ccccc12)NC[C@@H](O)COc1ccccc1C#N.CC(C)(N)Cc1c[nH]c2ccccc12.N#Cc1ccccc1OC[C@H]1CO1. The smallest absolute Gasteiger partial charge is 0.137 e. The summed E-state index contributed by atoms with van der Waals surface area (Å²) >= 11 is 0. The second-order valence-corrected chi connectivity index (χ2v) is 14.8. The molecular formula is C44H50N6O4. The maximum atomic E-state index is 10.3. The molecule has 0 unspecified atom stereocenters. The van der Waals surface area contributed by atoms with Crippen molar-refractivity contribution < 1.29 is 19.3 Å². The number of epoxide rings is 1. The lowest BCUT2D eigenvalue weighted by Gasteiger charge is -2.28. The molecule has 54 heavy (non-hydrogen) atoms. The number of benzene rings is 4. The van der Waals surface area contributed by atoms with Gasteiger partial charge in [0.1, 0.15) is 49.1 Å². The average molecular weight is 727 g/mol. The van der Waals surface area contributed by atoms with E-state index in [1.54, 1.807) is 30.3 Å². The van der Waals surface area contributed by atoms with Crippen molar-refractivity contribution in [2.45, 2.75) is 63.8 Å². The van der Waals surface area contributed by atoms with E-state index < -0.39 is 6.10 Å². The van der Waals surface area contributed by atoms with Gasteiger partial charge in [-0.2, -0.15) is 10.5 Å². The van der Waals surface area contributed by atoms with Crippen LogP contribution >= 0.6 is 0 Å². The molecule has 1 aliphatic rings. The lowest BCUT2D eigenvalue weighted by molar-refractivity contribution is 0.0987. The highest BCUT2D eigenvalue weighted by Crippen LogP contribution is 2.24. The topological polar surface area (TPSA) is 168 Å². The maximum absolute atomic E-state index is 10.3. The number of nitrogens with zero attached hydrogens (tertiary/aromatic N) is 2. The highest BCUT2D eigenvalue weighted by molar-refractivity contribution is 5.83. The van der Waals surface area contributed by atoms with Crippen LogP contribution in [0.2, 0.25) is 0 Å². The van der Waals surface area contributed by atoms with E-state index in [0.717, 1.165) is 25.0 Å². The first-order valence-electron chi connectivity index (χ1n) is 18.1. The van der Waals surface area contributed by atoms with Gasteiger partial charge in [0.15, 0.2) is 0 Å². The van der Waals surface area contributed by atoms with E-state index in [1.807, 2.05) is 42.6 Å². The van der Waals surface area contributed by atoms with Crippen molar-refractivity contribution in [3.05, 3.63) is 132 Å². The average Bonchev–Trinajstić information content (AvgIpc) is 3.80. The Morgan fingerprint density at radius 1 is 0.778 bits per heavy atom. The van der Waals surface area contributed by atoms with Crippen LogP contribution in [0.15, 0.2) is 109 Å². The Bertz CT molecular complexity index is 2180. The van der Waals surface area contributed by atoms with E-state index in [4.69, 9.17) is 30.5 Å². The second kappa shape index (κ2) is 18.4. The van der Waals surface area contributed by atoms with E-state index >= 15 is 0 Å². The second-order valence-electron chi connectivity index (χ2n) is 14.8. The third kappa shape index (κ3) is 12.0. The van der Waals surface area contributed by atoms with Crippen LogP contribution in [0, 0.1) is 22.7 Å². The molecule has 0 radical (unpaired) electrons. The molecule has 1 saturated heterocycles. The minimum Gasteiger partial charge on any atom is -0.489 e. The highest BCUT2D eigenvalue weighted by Gasteiger charge is 2.24. The summed E-state index contributed by atoms with van der Waals surface area (Å²) < 4.78 is 16.0. The number of ether oxygens (including phenoxy) is 3. The van der Waals surface area contributed by atoms with Gasteiger partial charge >= 0.3 is 0 Å². The molecule has 0 aliphatic carbocycles. The molecule has 0 amide bonds. The molecule has 6 aromatic rings. The number of aromatic nitrogens is 2. The minimum absolute atomic E-state index is 0.134. The number of aromatic amines is 2. The molecule has 1 fully saturated rings. The fraction of sp³-hybridized carbons (Fsp3) is 0.318. The molecule has 1 aliphatic heterocycles. The summed E-state index contributed by atoms with van der Waals surface area (Å²) in [4.78, 5) is 6.56. The highest BCUT2D eigenvalue weighted by atomic mass is 16.6. The molecule has 10 heteroatoms. The molecule has 0 bridgehead atoms. The largest absolute Gasteiger partial charge is 0.489 e. The molecular weight excluding hydrogens is 677 g/mol. The summed E-state index contributed by atoms with van der Waals surface area (Å²) in [5.74, 6) is 1.14. The number of nitriles is 2. The number of hydrogen-bond acceptors (Lipinski definition) is 8. The van der Waals surface area contributed by atoms with Crippen LogP contribution < -0.4 is 20.5 Å². The van der Waals surface area contributed by atoms with Crippen LogP contribution in [0.1, 0.15) is 49.9 Å². The summed E-state index contributed by atoms with van der Waals surface area (Å²) in [6, 6.07) is 35.0. The van der Waals surface area contributed by atoms with Crippen molar-refractivity contribution in [2.75, 3.05) is 26.4 Å². The Hall–Kier alpha value is -5.62. The van der Waals surface area contributed by atoms with Crippen molar-refractivity contribution in [3.63, 3.8) is 0 Å². The molecule has 10 nitrogen and oxygen atoms in total. The van der Waals surface area contributed by atoms with Gasteiger partial charge in [-0.1, -0.05) is 60.7 Å². The normalized spacial score (nSPS) is 14.1. The van der Waals surface area contributed by atoms with Crippen LogP contribution in [0.3, 0.4) is 0 Å². The number of β-amino-alcohol motifs (C(OH)–C–C–N with tert-alkyl or cyclic N) is 1. The van der Waals surface area contributed by atoms with E-state index in [9.17, 15) is 5.11 Å². The summed E-state index contributed by atoms with van der Waals surface area (Å²) in [5, 5.41) is 34.0. The lowest BCUT2D eigenvalue weighted by Crippen LogP contribution is -2.46. The molecule has 280 valence electrons. The lowest BCUT2D eigenvalue weighted by atomic mass is 9.94. The van der Waals surface area contributed by atoms with Gasteiger partial charge in [-0.05, 0) is 88.1 Å². The van der Waals surface area contributed by atoms with E-state index in [0.29, 0.717) is 35.8 Å². The fourth-order valence-electron chi connectivity index (χ4n) is 5.94. The Labute approximate surface area is 317 Å². The Balaban J connectivity index is 0.000000173. The summed E-state index contributed by atoms with van der Waals surface area (Å²) in [7, 11) is 0. The first-order valence-corrected chi connectivity index (χ1v) is 18.1. The third-order valence-corrected chi connectivity index (χ3v) is 8.72. The van der Waals surface area contributed by atoms with Crippen molar-refractivity contribution in [3.8, 4) is 23.6 Å². The Morgan fingerprint density at radius 2 is 1.26 bits per heavy atom. The van der Waals surface area contributed by atoms with Gasteiger partial charge in [-0.25, -0.2) is 0 Å². The van der Waals surface area contributed by atoms with Crippen molar-refractivity contribution in [2.24, 2.45) is 5.73 Å². The van der Waals surface area contributed by atoms with Crippen LogP contribution in [-0.4, -0.2) is 64.7 Å². The molecule has 7 rings (SSSR count). The molecule has 0 spiro atoms. The molecule has 4 aromatic carbocycles. The predicted molar refractivity (Wildman–Crippen MR) is 213 cm³/mol. The number of nitrogens with two attached hydrogens (primary N) is 1. The van der Waals surface area contributed by atoms with E-state index in [-0.39, 0.29) is 23.8 Å². The number of H-pyrrole nitrogens is 2. The van der Waals surface area contributed by atoms with Gasteiger partial charge in [-0.15, -0.1) is 0 Å². The van der Waals surface area contributed by atoms with Gasteiger partial charge in [0.2, 0.25) is 0 Å². The van der Waals surface area contributed by atoms with Crippen LogP contribution in [0.5, 0.6) is 11.5 Å². The van der Waals surface area contributed by atoms with E-state index in [1.165, 1.54) is 27.4 Å². The van der Waals surface area contributed by atoms with Crippen molar-refractivity contribution in [1.29, 1.82) is 10.5 Å². The number of nitrogens with one attached hydrogen (secondary N) is 3.